The lowest BCUT2D eigenvalue weighted by molar-refractivity contribution is -0.683. The Morgan fingerprint density at radius 3 is 1.20 bits per heavy atom. The van der Waals surface area contributed by atoms with Crippen LogP contribution < -0.4 is 0 Å². The molecule has 0 aromatic heterocycles. The summed E-state index contributed by atoms with van der Waals surface area (Å²) in [6.07, 6.45) is 45.3. The van der Waals surface area contributed by atoms with Crippen LogP contribution in [-0.4, -0.2) is 23.3 Å². The van der Waals surface area contributed by atoms with Crippen molar-refractivity contribution in [2.24, 2.45) is 4.99 Å². The Hall–Kier alpha value is -0.960. The van der Waals surface area contributed by atoms with Gasteiger partial charge in [-0.3, -0.25) is 0 Å². The quantitative estimate of drug-likeness (QED) is 0.0599. The van der Waals surface area contributed by atoms with Crippen LogP contribution in [0.3, 0.4) is 0 Å². The van der Waals surface area contributed by atoms with E-state index in [0.717, 1.165) is 18.7 Å². The molecule has 0 aromatic rings. The molecule has 1 atom stereocenters. The molecule has 0 saturated carbocycles. The zero-order chi connectivity index (χ0) is 29.7. The Labute approximate surface area is 258 Å². The van der Waals surface area contributed by atoms with E-state index < -0.39 is 0 Å². The van der Waals surface area contributed by atoms with Gasteiger partial charge >= 0.3 is 5.91 Å². The maximum Gasteiger partial charge on any atom is 0.324 e. The standard InChI is InChI=1S/C38H73N2O/c1-4-6-8-10-12-14-16-18-19-20-22-23-25-27-29-31-33-37-39-35-36-40(37,3)38(41)34-32-30-28-26-24-21-17-15-13-11-9-7-5-2/h35-36H,4-34H2,1-3H3/q+1. The van der Waals surface area contributed by atoms with E-state index in [2.05, 4.69) is 25.9 Å². The monoisotopic (exact) mass is 574 g/mol. The van der Waals surface area contributed by atoms with Crippen LogP contribution in [0, 0.1) is 0 Å². The van der Waals surface area contributed by atoms with Gasteiger partial charge in [0.15, 0.2) is 0 Å². The summed E-state index contributed by atoms with van der Waals surface area (Å²) in [5, 5.41) is 0. The van der Waals surface area contributed by atoms with Gasteiger partial charge in [0.05, 0.1) is 19.7 Å². The number of quaternary nitrogens is 1. The number of hydrogen-bond acceptors (Lipinski definition) is 2. The summed E-state index contributed by atoms with van der Waals surface area (Å²) in [6, 6.07) is 0. The van der Waals surface area contributed by atoms with Crippen LogP contribution >= 0.6 is 0 Å². The second kappa shape index (κ2) is 27.8. The fourth-order valence-corrected chi connectivity index (χ4v) is 6.34. The SMILES string of the molecule is CCCCCCCCCCCCCCCCCCC1=NC=C[N+]1(C)C(=O)CCCCCCCCCCCCCCC. The summed E-state index contributed by atoms with van der Waals surface area (Å²) in [4.78, 5) is 17.7. The van der Waals surface area contributed by atoms with Crippen molar-refractivity contribution in [3.05, 3.63) is 12.4 Å². The van der Waals surface area contributed by atoms with Gasteiger partial charge in [0.2, 0.25) is 5.84 Å². The van der Waals surface area contributed by atoms with Gasteiger partial charge in [-0.05, 0) is 12.8 Å². The van der Waals surface area contributed by atoms with Crippen molar-refractivity contribution in [2.75, 3.05) is 7.05 Å². The van der Waals surface area contributed by atoms with Gasteiger partial charge in [-0.25, -0.2) is 9.79 Å². The fraction of sp³-hybridized carbons (Fsp3) is 0.895. The summed E-state index contributed by atoms with van der Waals surface area (Å²) in [6.45, 7) is 4.58. The molecule has 1 heterocycles. The lowest BCUT2D eigenvalue weighted by atomic mass is 10.0. The average molecular weight is 574 g/mol. The number of nitrogens with zero attached hydrogens (tertiary/aromatic N) is 2. The van der Waals surface area contributed by atoms with Crippen LogP contribution in [-0.2, 0) is 4.79 Å². The first-order valence-corrected chi connectivity index (χ1v) is 18.8. The predicted octanol–water partition coefficient (Wildman–Crippen LogP) is 13.0. The normalized spacial score (nSPS) is 16.5. The number of hydrogen-bond donors (Lipinski definition) is 0. The van der Waals surface area contributed by atoms with Crippen molar-refractivity contribution in [3.8, 4) is 0 Å². The van der Waals surface area contributed by atoms with Gasteiger partial charge in [-0.2, -0.15) is 4.48 Å². The number of amides is 1. The Morgan fingerprint density at radius 1 is 0.512 bits per heavy atom. The van der Waals surface area contributed by atoms with Crippen LogP contribution in [0.15, 0.2) is 17.4 Å². The van der Waals surface area contributed by atoms with Crippen molar-refractivity contribution in [2.45, 2.75) is 213 Å². The highest BCUT2D eigenvalue weighted by molar-refractivity contribution is 5.90. The molecule has 0 radical (unpaired) electrons. The highest BCUT2D eigenvalue weighted by atomic mass is 16.2. The van der Waals surface area contributed by atoms with Gasteiger partial charge in [0, 0.05) is 6.42 Å². The van der Waals surface area contributed by atoms with Crippen molar-refractivity contribution >= 4 is 11.7 Å². The first kappa shape index (κ1) is 38.1. The van der Waals surface area contributed by atoms with Crippen LogP contribution in [0.4, 0.5) is 0 Å². The molecule has 3 nitrogen and oxygen atoms in total. The lowest BCUT2D eigenvalue weighted by Crippen LogP contribution is -2.47. The predicted molar refractivity (Wildman–Crippen MR) is 182 cm³/mol. The summed E-state index contributed by atoms with van der Waals surface area (Å²) < 4.78 is 0.330. The maximum atomic E-state index is 13.1. The highest BCUT2D eigenvalue weighted by Crippen LogP contribution is 2.22. The molecule has 0 spiro atoms. The average Bonchev–Trinajstić information content (AvgIpc) is 3.36. The van der Waals surface area contributed by atoms with Crippen molar-refractivity contribution < 1.29 is 9.28 Å². The summed E-state index contributed by atoms with van der Waals surface area (Å²) in [7, 11) is 2.05. The molecule has 3 heteroatoms. The van der Waals surface area contributed by atoms with Crippen LogP contribution in [0.2, 0.25) is 0 Å². The third-order valence-corrected chi connectivity index (χ3v) is 9.39. The van der Waals surface area contributed by atoms with E-state index in [1.165, 1.54) is 180 Å². The van der Waals surface area contributed by atoms with E-state index in [9.17, 15) is 4.79 Å². The van der Waals surface area contributed by atoms with Crippen LogP contribution in [0.5, 0.6) is 0 Å². The second-order valence-corrected chi connectivity index (χ2v) is 13.4. The molecule has 0 bridgehead atoms. The number of amidine groups is 1. The van der Waals surface area contributed by atoms with Gasteiger partial charge in [0.25, 0.3) is 0 Å². The molecule has 41 heavy (non-hydrogen) atoms. The number of carbonyl (C=O) groups excluding carboxylic acids is 1. The molecule has 1 aliphatic heterocycles. The van der Waals surface area contributed by atoms with Crippen LogP contribution in [0.25, 0.3) is 0 Å². The molecule has 1 amide bonds. The summed E-state index contributed by atoms with van der Waals surface area (Å²) in [5.74, 6) is 1.40. The van der Waals surface area contributed by atoms with Crippen molar-refractivity contribution in [1.29, 1.82) is 0 Å². The fourth-order valence-electron chi connectivity index (χ4n) is 6.34. The molecule has 1 unspecified atom stereocenters. The van der Waals surface area contributed by atoms with E-state index in [1.807, 2.05) is 12.4 Å². The lowest BCUT2D eigenvalue weighted by Gasteiger charge is -2.25. The minimum absolute atomic E-state index is 0.330. The third-order valence-electron chi connectivity index (χ3n) is 9.39. The molecule has 1 aliphatic rings. The molecule has 0 N–H and O–H groups in total. The van der Waals surface area contributed by atoms with E-state index in [1.54, 1.807) is 0 Å². The number of unbranched alkanes of at least 4 members (excludes halogenated alkanes) is 27. The smallest absolute Gasteiger partial charge is 0.230 e. The van der Waals surface area contributed by atoms with E-state index in [4.69, 9.17) is 0 Å². The number of aliphatic imine (C=N–C) groups is 1. The molecule has 240 valence electrons. The number of carbonyl (C=O) groups is 1. The summed E-state index contributed by atoms with van der Waals surface area (Å²) in [5.41, 5.74) is 0. The highest BCUT2D eigenvalue weighted by Gasteiger charge is 2.37. The Morgan fingerprint density at radius 2 is 0.829 bits per heavy atom. The largest absolute Gasteiger partial charge is 0.324 e. The molecular weight excluding hydrogens is 500 g/mol. The molecular formula is C38H73N2O+. The molecule has 1 rings (SSSR count). The first-order valence-electron chi connectivity index (χ1n) is 18.8. The Bertz CT molecular complexity index is 655. The van der Waals surface area contributed by atoms with Gasteiger partial charge in [-0.1, -0.05) is 187 Å². The second-order valence-electron chi connectivity index (χ2n) is 13.4. The maximum absolute atomic E-state index is 13.1. The van der Waals surface area contributed by atoms with E-state index >= 15 is 0 Å². The minimum Gasteiger partial charge on any atom is -0.230 e. The molecule has 0 aliphatic carbocycles. The van der Waals surface area contributed by atoms with Gasteiger partial charge in [0.1, 0.15) is 6.20 Å². The third kappa shape index (κ3) is 20.6. The van der Waals surface area contributed by atoms with E-state index in [0.29, 0.717) is 16.8 Å². The molecule has 0 saturated heterocycles. The topological polar surface area (TPSA) is 29.4 Å². The van der Waals surface area contributed by atoms with E-state index in [-0.39, 0.29) is 0 Å². The Kier molecular flexibility index (Phi) is 25.9. The zero-order valence-corrected chi connectivity index (χ0v) is 28.4. The Balaban J connectivity index is 1.95. The van der Waals surface area contributed by atoms with Crippen molar-refractivity contribution in [1.82, 2.24) is 0 Å². The zero-order valence-electron chi connectivity index (χ0n) is 28.4. The van der Waals surface area contributed by atoms with Crippen molar-refractivity contribution in [3.63, 3.8) is 0 Å². The first-order chi connectivity index (χ1) is 20.1. The summed E-state index contributed by atoms with van der Waals surface area (Å²) >= 11 is 0. The van der Waals surface area contributed by atoms with Gasteiger partial charge in [-0.15, -0.1) is 0 Å². The minimum atomic E-state index is 0.330. The molecule has 0 fully saturated rings. The molecule has 0 aromatic carbocycles. The number of rotatable bonds is 31. The van der Waals surface area contributed by atoms with Crippen LogP contribution in [0.1, 0.15) is 213 Å². The van der Waals surface area contributed by atoms with Gasteiger partial charge < -0.3 is 0 Å².